The molecule has 0 aromatic heterocycles. The maximum atomic E-state index is 4.05. The Hall–Kier alpha value is -0.990. The van der Waals surface area contributed by atoms with Crippen molar-refractivity contribution >= 4 is 6.34 Å². The number of rotatable bonds is 5. The summed E-state index contributed by atoms with van der Waals surface area (Å²) in [6, 6.07) is 0. The Labute approximate surface area is 62.2 Å². The molecule has 0 aliphatic rings. The van der Waals surface area contributed by atoms with Crippen LogP contribution >= 0.6 is 0 Å². The third-order valence-electron chi connectivity index (χ3n) is 0.865. The molecule has 0 atom stereocenters. The summed E-state index contributed by atoms with van der Waals surface area (Å²) in [5.41, 5.74) is 0. The van der Waals surface area contributed by atoms with Gasteiger partial charge in [-0.05, 0) is 6.42 Å². The minimum absolute atomic E-state index is 0.889. The molecule has 0 aromatic carbocycles. The highest BCUT2D eigenvalue weighted by Crippen LogP contribution is 1.72. The molecule has 0 spiro atoms. The molecule has 0 rings (SSSR count). The van der Waals surface area contributed by atoms with Crippen molar-refractivity contribution in [1.29, 1.82) is 0 Å². The van der Waals surface area contributed by atoms with E-state index in [1.807, 2.05) is 7.05 Å². The first kappa shape index (κ1) is 9.01. The minimum Gasteiger partial charge on any atom is -0.393 e. The molecule has 0 bridgehead atoms. The molecule has 3 heteroatoms. The number of hydrogen-bond donors (Lipinski definition) is 2. The molecule has 10 heavy (non-hydrogen) atoms. The van der Waals surface area contributed by atoms with E-state index in [1.54, 1.807) is 18.7 Å². The molecule has 3 nitrogen and oxygen atoms in total. The standard InChI is InChI=1S/C7H15N3/c1-3-4-9-7-10-6-5-8-2/h5-8H,3-4H2,1-2H3,(H,9,10)/b6-5+. The van der Waals surface area contributed by atoms with Crippen LogP contribution in [0.3, 0.4) is 0 Å². The monoisotopic (exact) mass is 141 g/mol. The molecule has 0 heterocycles. The summed E-state index contributed by atoms with van der Waals surface area (Å²) in [5.74, 6) is 0. The summed E-state index contributed by atoms with van der Waals surface area (Å²) in [7, 11) is 1.85. The van der Waals surface area contributed by atoms with Gasteiger partial charge in [0.2, 0.25) is 0 Å². The Bertz CT molecular complexity index is 107. The van der Waals surface area contributed by atoms with E-state index >= 15 is 0 Å². The van der Waals surface area contributed by atoms with Gasteiger partial charge in [-0.3, -0.25) is 4.99 Å². The van der Waals surface area contributed by atoms with Crippen LogP contribution in [0.2, 0.25) is 0 Å². The van der Waals surface area contributed by atoms with Crippen LogP contribution in [0.5, 0.6) is 0 Å². The molecule has 2 N–H and O–H groups in total. The fourth-order valence-electron chi connectivity index (χ4n) is 0.421. The van der Waals surface area contributed by atoms with Gasteiger partial charge in [-0.1, -0.05) is 6.92 Å². The largest absolute Gasteiger partial charge is 0.393 e. The Morgan fingerprint density at radius 2 is 2.20 bits per heavy atom. The lowest BCUT2D eigenvalue weighted by atomic mass is 10.5. The summed E-state index contributed by atoms with van der Waals surface area (Å²) < 4.78 is 0. The number of aliphatic imine (C=N–C) groups is 1. The third kappa shape index (κ3) is 7.01. The van der Waals surface area contributed by atoms with Gasteiger partial charge < -0.3 is 10.6 Å². The fraction of sp³-hybridized carbons (Fsp3) is 0.571. The highest BCUT2D eigenvalue weighted by Gasteiger charge is 1.69. The van der Waals surface area contributed by atoms with Crippen molar-refractivity contribution in [2.75, 3.05) is 13.6 Å². The molecule has 0 unspecified atom stereocenters. The van der Waals surface area contributed by atoms with Crippen molar-refractivity contribution in [3.8, 4) is 0 Å². The van der Waals surface area contributed by atoms with E-state index in [-0.39, 0.29) is 0 Å². The predicted octanol–water partition coefficient (Wildman–Crippen LogP) is 0.705. The van der Waals surface area contributed by atoms with Crippen LogP contribution in [-0.4, -0.2) is 19.9 Å². The first-order chi connectivity index (χ1) is 4.91. The quantitative estimate of drug-likeness (QED) is 0.437. The molecule has 0 aliphatic carbocycles. The lowest BCUT2D eigenvalue weighted by Crippen LogP contribution is -2.03. The third-order valence-corrected chi connectivity index (χ3v) is 0.865. The summed E-state index contributed by atoms with van der Waals surface area (Å²) in [6.45, 7) is 2.99. The van der Waals surface area contributed by atoms with Gasteiger partial charge in [0.05, 0.1) is 6.34 Å². The zero-order chi connectivity index (χ0) is 7.66. The van der Waals surface area contributed by atoms with Crippen molar-refractivity contribution in [3.05, 3.63) is 12.4 Å². The fourth-order valence-corrected chi connectivity index (χ4v) is 0.421. The Morgan fingerprint density at radius 3 is 2.80 bits per heavy atom. The van der Waals surface area contributed by atoms with E-state index in [9.17, 15) is 0 Å². The number of hydrogen-bond acceptors (Lipinski definition) is 2. The van der Waals surface area contributed by atoms with Crippen LogP contribution in [0, 0.1) is 0 Å². The van der Waals surface area contributed by atoms with Gasteiger partial charge in [0, 0.05) is 26.0 Å². The highest BCUT2D eigenvalue weighted by atomic mass is 14.9. The van der Waals surface area contributed by atoms with E-state index in [1.165, 1.54) is 0 Å². The van der Waals surface area contributed by atoms with Crippen LogP contribution in [0.25, 0.3) is 0 Å². The number of nitrogens with one attached hydrogen (secondary N) is 2. The van der Waals surface area contributed by atoms with Gasteiger partial charge >= 0.3 is 0 Å². The lowest BCUT2D eigenvalue weighted by Gasteiger charge is -1.88. The summed E-state index contributed by atoms with van der Waals surface area (Å²) >= 11 is 0. The Kier molecular flexibility index (Phi) is 7.22. The Morgan fingerprint density at radius 1 is 1.40 bits per heavy atom. The molecular formula is C7H15N3. The zero-order valence-electron chi connectivity index (χ0n) is 6.59. The van der Waals surface area contributed by atoms with Gasteiger partial charge in [0.1, 0.15) is 0 Å². The van der Waals surface area contributed by atoms with Crippen molar-refractivity contribution in [2.24, 2.45) is 4.99 Å². The van der Waals surface area contributed by atoms with E-state index in [0.29, 0.717) is 0 Å². The van der Waals surface area contributed by atoms with Gasteiger partial charge in [-0.15, -0.1) is 0 Å². The second-order valence-electron chi connectivity index (χ2n) is 1.82. The van der Waals surface area contributed by atoms with Crippen molar-refractivity contribution in [2.45, 2.75) is 13.3 Å². The van der Waals surface area contributed by atoms with Crippen LogP contribution in [-0.2, 0) is 0 Å². The molecule has 0 saturated heterocycles. The van der Waals surface area contributed by atoms with E-state index < -0.39 is 0 Å². The van der Waals surface area contributed by atoms with Crippen LogP contribution in [0.4, 0.5) is 0 Å². The average molecular weight is 141 g/mol. The second-order valence-corrected chi connectivity index (χ2v) is 1.82. The van der Waals surface area contributed by atoms with Crippen molar-refractivity contribution in [3.63, 3.8) is 0 Å². The van der Waals surface area contributed by atoms with Gasteiger partial charge in [0.25, 0.3) is 0 Å². The maximum Gasteiger partial charge on any atom is 0.0863 e. The normalized spacial score (nSPS) is 11.0. The molecular weight excluding hydrogens is 126 g/mol. The van der Waals surface area contributed by atoms with Gasteiger partial charge in [-0.25, -0.2) is 0 Å². The topological polar surface area (TPSA) is 36.4 Å². The Balaban J connectivity index is 3.09. The first-order valence-corrected chi connectivity index (χ1v) is 3.48. The molecule has 0 amide bonds. The van der Waals surface area contributed by atoms with E-state index in [0.717, 1.165) is 13.0 Å². The van der Waals surface area contributed by atoms with Gasteiger partial charge in [-0.2, -0.15) is 0 Å². The van der Waals surface area contributed by atoms with Crippen molar-refractivity contribution in [1.82, 2.24) is 10.6 Å². The second kappa shape index (κ2) is 8.01. The zero-order valence-corrected chi connectivity index (χ0v) is 6.59. The molecule has 0 aliphatic heterocycles. The van der Waals surface area contributed by atoms with E-state index in [2.05, 4.69) is 22.5 Å². The lowest BCUT2D eigenvalue weighted by molar-refractivity contribution is 0.930. The SMILES string of the molecule is CCCN=CN/C=C/NC. The molecule has 0 aromatic rings. The van der Waals surface area contributed by atoms with Crippen LogP contribution in [0.1, 0.15) is 13.3 Å². The molecule has 58 valence electrons. The molecule has 0 saturated carbocycles. The average Bonchev–Trinajstić information content (AvgIpc) is 1.97. The van der Waals surface area contributed by atoms with Crippen LogP contribution < -0.4 is 10.6 Å². The maximum absolute atomic E-state index is 4.05. The summed E-state index contributed by atoms with van der Waals surface area (Å²) in [4.78, 5) is 4.05. The van der Waals surface area contributed by atoms with Gasteiger partial charge in [0.15, 0.2) is 0 Å². The van der Waals surface area contributed by atoms with E-state index in [4.69, 9.17) is 0 Å². The highest BCUT2D eigenvalue weighted by molar-refractivity contribution is 5.55. The summed E-state index contributed by atoms with van der Waals surface area (Å²) in [6.07, 6.45) is 6.38. The summed E-state index contributed by atoms with van der Waals surface area (Å²) in [5, 5.41) is 5.74. The molecule has 0 radical (unpaired) electrons. The minimum atomic E-state index is 0.889. The van der Waals surface area contributed by atoms with Crippen molar-refractivity contribution < 1.29 is 0 Å². The molecule has 0 fully saturated rings. The predicted molar refractivity (Wildman–Crippen MR) is 45.0 cm³/mol. The number of nitrogens with zero attached hydrogens (tertiary/aromatic N) is 1. The smallest absolute Gasteiger partial charge is 0.0863 e. The first-order valence-electron chi connectivity index (χ1n) is 3.48. The van der Waals surface area contributed by atoms with Crippen LogP contribution in [0.15, 0.2) is 17.4 Å².